The van der Waals surface area contributed by atoms with Crippen LogP contribution in [0.1, 0.15) is 29.6 Å². The molecule has 1 aliphatic rings. The molecule has 0 saturated carbocycles. The maximum atomic E-state index is 6.11. The topological polar surface area (TPSA) is 87.3 Å². The maximum Gasteiger partial charge on any atom is 0.189 e. The number of nitrogens with two attached hydrogens (primary N) is 1. The Morgan fingerprint density at radius 3 is 1.96 bits per heavy atom. The summed E-state index contributed by atoms with van der Waals surface area (Å²) in [6.07, 6.45) is 0.674. The first kappa shape index (κ1) is 18.7. The molecule has 1 heterocycles. The van der Waals surface area contributed by atoms with E-state index in [1.807, 2.05) is 36.4 Å². The van der Waals surface area contributed by atoms with E-state index >= 15 is 0 Å². The first-order chi connectivity index (χ1) is 13.1. The lowest BCUT2D eigenvalue weighted by molar-refractivity contribution is 0.377. The molecule has 2 aromatic rings. The fraction of sp³-hybridized carbons (Fsp3) is 0.350. The van der Waals surface area contributed by atoms with Gasteiger partial charge in [0.1, 0.15) is 23.0 Å². The van der Waals surface area contributed by atoms with Gasteiger partial charge in [-0.1, -0.05) is 0 Å². The molecule has 0 aliphatic carbocycles. The van der Waals surface area contributed by atoms with Gasteiger partial charge in [0.05, 0.1) is 40.5 Å². The van der Waals surface area contributed by atoms with Gasteiger partial charge in [0.15, 0.2) is 5.96 Å². The number of guanidine groups is 1. The zero-order chi connectivity index (χ0) is 19.4. The van der Waals surface area contributed by atoms with Crippen LogP contribution in [-0.4, -0.2) is 34.4 Å². The number of hydrogen-bond acceptors (Lipinski definition) is 7. The average Bonchev–Trinajstić information content (AvgIpc) is 2.72. The summed E-state index contributed by atoms with van der Waals surface area (Å²) in [6.45, 7) is 0. The second kappa shape index (κ2) is 8.07. The van der Waals surface area contributed by atoms with Crippen LogP contribution < -0.4 is 30.0 Å². The second-order valence-corrected chi connectivity index (χ2v) is 6.18. The molecule has 2 atom stereocenters. The maximum absolute atomic E-state index is 6.11. The van der Waals surface area contributed by atoms with Gasteiger partial charge in [-0.3, -0.25) is 0 Å². The summed E-state index contributed by atoms with van der Waals surface area (Å²) in [5.74, 6) is 3.37. The summed E-state index contributed by atoms with van der Waals surface area (Å²) < 4.78 is 21.8. The van der Waals surface area contributed by atoms with Gasteiger partial charge in [-0.15, -0.1) is 0 Å². The molecule has 0 spiro atoms. The van der Waals surface area contributed by atoms with Crippen molar-refractivity contribution < 1.29 is 18.9 Å². The van der Waals surface area contributed by atoms with E-state index in [-0.39, 0.29) is 12.1 Å². The Labute approximate surface area is 159 Å². The molecule has 0 saturated heterocycles. The Hall–Kier alpha value is -3.09. The lowest BCUT2D eigenvalue weighted by Gasteiger charge is -2.30. The largest absolute Gasteiger partial charge is 0.497 e. The van der Waals surface area contributed by atoms with Crippen LogP contribution in [0.15, 0.2) is 41.4 Å². The Kier molecular flexibility index (Phi) is 5.59. The standard InChI is InChI=1S/C20H25N3O4/c1-24-12-5-7-18(26-3)14(9-12)16-11-17(23-20(21)22-16)15-10-13(25-2)6-8-19(15)27-4/h5-10,16-17H,11H2,1-4H3,(H3,21,22,23). The molecule has 2 aromatic carbocycles. The summed E-state index contributed by atoms with van der Waals surface area (Å²) in [7, 11) is 6.56. The smallest absolute Gasteiger partial charge is 0.189 e. The lowest BCUT2D eigenvalue weighted by atomic mass is 9.92. The van der Waals surface area contributed by atoms with Gasteiger partial charge in [0.2, 0.25) is 0 Å². The second-order valence-electron chi connectivity index (χ2n) is 6.18. The van der Waals surface area contributed by atoms with Crippen molar-refractivity contribution in [2.75, 3.05) is 28.4 Å². The van der Waals surface area contributed by atoms with Crippen LogP contribution in [0.25, 0.3) is 0 Å². The average molecular weight is 371 g/mol. The summed E-state index contributed by atoms with van der Waals surface area (Å²) in [5, 5.41) is 3.24. The van der Waals surface area contributed by atoms with Crippen LogP contribution >= 0.6 is 0 Å². The molecule has 3 rings (SSSR count). The Morgan fingerprint density at radius 2 is 1.41 bits per heavy atom. The van der Waals surface area contributed by atoms with Crippen molar-refractivity contribution in [3.8, 4) is 23.0 Å². The Bertz CT molecular complexity index is 838. The van der Waals surface area contributed by atoms with Gasteiger partial charge in [-0.25, -0.2) is 4.99 Å². The number of ether oxygens (including phenoxy) is 4. The van der Waals surface area contributed by atoms with Gasteiger partial charge in [-0.05, 0) is 42.8 Å². The fourth-order valence-corrected chi connectivity index (χ4v) is 3.33. The van der Waals surface area contributed by atoms with Crippen LogP contribution in [0, 0.1) is 0 Å². The third kappa shape index (κ3) is 3.86. The van der Waals surface area contributed by atoms with Crippen molar-refractivity contribution in [2.45, 2.75) is 18.5 Å². The molecule has 0 amide bonds. The van der Waals surface area contributed by atoms with Crippen LogP contribution in [0.4, 0.5) is 0 Å². The minimum Gasteiger partial charge on any atom is -0.497 e. The van der Waals surface area contributed by atoms with Gasteiger partial charge < -0.3 is 30.0 Å². The van der Waals surface area contributed by atoms with E-state index in [1.165, 1.54) is 0 Å². The van der Waals surface area contributed by atoms with E-state index in [9.17, 15) is 0 Å². The molecule has 0 bridgehead atoms. The summed E-state index contributed by atoms with van der Waals surface area (Å²) in [6, 6.07) is 11.1. The number of benzene rings is 2. The SMILES string of the molecule is COc1ccc(OC)c(C2CC(c3cc(OC)ccc3OC)NC(N)=N2)c1. The van der Waals surface area contributed by atoms with E-state index < -0.39 is 0 Å². The molecule has 0 fully saturated rings. The first-order valence-corrected chi connectivity index (χ1v) is 8.63. The van der Waals surface area contributed by atoms with Crippen LogP contribution in [0.5, 0.6) is 23.0 Å². The highest BCUT2D eigenvalue weighted by atomic mass is 16.5. The summed E-state index contributed by atoms with van der Waals surface area (Å²) >= 11 is 0. The number of hydrogen-bond donors (Lipinski definition) is 2. The van der Waals surface area contributed by atoms with Crippen molar-refractivity contribution in [3.63, 3.8) is 0 Å². The molecule has 7 nitrogen and oxygen atoms in total. The molecule has 27 heavy (non-hydrogen) atoms. The first-order valence-electron chi connectivity index (χ1n) is 8.63. The van der Waals surface area contributed by atoms with Gasteiger partial charge in [0, 0.05) is 11.1 Å². The molecule has 2 unspecified atom stereocenters. The zero-order valence-corrected chi connectivity index (χ0v) is 16.0. The number of aliphatic imine (C=N–C) groups is 1. The summed E-state index contributed by atoms with van der Waals surface area (Å²) in [4.78, 5) is 4.59. The predicted octanol–water partition coefficient (Wildman–Crippen LogP) is 2.81. The van der Waals surface area contributed by atoms with E-state index in [1.54, 1.807) is 28.4 Å². The van der Waals surface area contributed by atoms with Gasteiger partial charge in [0.25, 0.3) is 0 Å². The van der Waals surface area contributed by atoms with Crippen molar-refractivity contribution in [1.29, 1.82) is 0 Å². The molecule has 0 radical (unpaired) electrons. The van der Waals surface area contributed by atoms with Crippen LogP contribution in [0.3, 0.4) is 0 Å². The molecule has 1 aliphatic heterocycles. The minimum absolute atomic E-state index is 0.0894. The monoisotopic (exact) mass is 371 g/mol. The molecule has 144 valence electrons. The van der Waals surface area contributed by atoms with E-state index in [2.05, 4.69) is 10.3 Å². The van der Waals surface area contributed by atoms with Crippen LogP contribution in [0.2, 0.25) is 0 Å². The van der Waals surface area contributed by atoms with E-state index in [4.69, 9.17) is 24.7 Å². The quantitative estimate of drug-likeness (QED) is 0.812. The van der Waals surface area contributed by atoms with Crippen molar-refractivity contribution in [2.24, 2.45) is 10.7 Å². The minimum atomic E-state index is -0.183. The molecule has 0 aromatic heterocycles. The van der Waals surface area contributed by atoms with Crippen molar-refractivity contribution in [1.82, 2.24) is 5.32 Å². The highest BCUT2D eigenvalue weighted by Crippen LogP contribution is 2.41. The van der Waals surface area contributed by atoms with E-state index in [0.717, 1.165) is 34.1 Å². The predicted molar refractivity (Wildman–Crippen MR) is 104 cm³/mol. The third-order valence-corrected chi connectivity index (χ3v) is 4.68. The normalized spacial score (nSPS) is 18.9. The number of methoxy groups -OCH3 is 4. The lowest BCUT2D eigenvalue weighted by Crippen LogP contribution is -2.39. The number of nitrogens with zero attached hydrogens (tertiary/aromatic N) is 1. The van der Waals surface area contributed by atoms with Crippen LogP contribution in [-0.2, 0) is 0 Å². The highest BCUT2D eigenvalue weighted by Gasteiger charge is 2.29. The fourth-order valence-electron chi connectivity index (χ4n) is 3.33. The van der Waals surface area contributed by atoms with Gasteiger partial charge in [-0.2, -0.15) is 0 Å². The Balaban J connectivity index is 1.99. The zero-order valence-electron chi connectivity index (χ0n) is 16.0. The van der Waals surface area contributed by atoms with Gasteiger partial charge >= 0.3 is 0 Å². The van der Waals surface area contributed by atoms with Crippen molar-refractivity contribution >= 4 is 5.96 Å². The molecular formula is C20H25N3O4. The summed E-state index contributed by atoms with van der Waals surface area (Å²) in [5.41, 5.74) is 7.99. The highest BCUT2D eigenvalue weighted by molar-refractivity contribution is 5.79. The molecular weight excluding hydrogens is 346 g/mol. The number of nitrogens with one attached hydrogen (secondary N) is 1. The van der Waals surface area contributed by atoms with E-state index in [0.29, 0.717) is 12.4 Å². The Morgan fingerprint density at radius 1 is 0.852 bits per heavy atom. The molecule has 3 N–H and O–H groups in total. The van der Waals surface area contributed by atoms with Crippen molar-refractivity contribution in [3.05, 3.63) is 47.5 Å². The molecule has 7 heteroatoms. The number of rotatable bonds is 6. The third-order valence-electron chi connectivity index (χ3n) is 4.68.